The van der Waals surface area contributed by atoms with Gasteiger partial charge in [0.2, 0.25) is 0 Å². The molecule has 19 heavy (non-hydrogen) atoms. The molecule has 98 valence electrons. The van der Waals surface area contributed by atoms with Gasteiger partial charge in [-0.3, -0.25) is 0 Å². The summed E-state index contributed by atoms with van der Waals surface area (Å²) in [5.74, 6) is 0. The Labute approximate surface area is 118 Å². The Balaban J connectivity index is 2.38. The maximum absolute atomic E-state index is 5.96. The molecule has 3 nitrogen and oxygen atoms in total. The number of hydrogen-bond acceptors (Lipinski definition) is 3. The first-order chi connectivity index (χ1) is 8.97. The number of anilines is 1. The van der Waals surface area contributed by atoms with Crippen LogP contribution in [0.4, 0.5) is 17.1 Å². The predicted molar refractivity (Wildman–Crippen MR) is 80.7 cm³/mol. The fourth-order valence-electron chi connectivity index (χ4n) is 1.73. The van der Waals surface area contributed by atoms with Crippen LogP contribution in [0.2, 0.25) is 5.02 Å². The highest BCUT2D eigenvalue weighted by Crippen LogP contribution is 2.28. The lowest BCUT2D eigenvalue weighted by molar-refractivity contribution is 1.19. The average Bonchev–Trinajstić information content (AvgIpc) is 2.36. The molecule has 0 saturated carbocycles. The fraction of sp³-hybridized carbons (Fsp3) is 0.200. The lowest BCUT2D eigenvalue weighted by atomic mass is 10.1. The number of nitrogens with zero attached hydrogens (tertiary/aromatic N) is 2. The van der Waals surface area contributed by atoms with E-state index in [1.165, 1.54) is 0 Å². The summed E-state index contributed by atoms with van der Waals surface area (Å²) in [5.41, 5.74) is 11.3. The van der Waals surface area contributed by atoms with Gasteiger partial charge in [0.15, 0.2) is 0 Å². The second kappa shape index (κ2) is 5.41. The molecule has 2 N–H and O–H groups in total. The SMILES string of the molecule is Cc1cc(N=Nc2cc(Cl)ccc2C)c(C)cc1N. The van der Waals surface area contributed by atoms with Crippen LogP contribution in [0.15, 0.2) is 40.6 Å². The molecular weight excluding hydrogens is 258 g/mol. The maximum Gasteiger partial charge on any atom is 0.0901 e. The summed E-state index contributed by atoms with van der Waals surface area (Å²) in [7, 11) is 0. The van der Waals surface area contributed by atoms with Crippen LogP contribution in [0.3, 0.4) is 0 Å². The summed E-state index contributed by atoms with van der Waals surface area (Å²) in [6.45, 7) is 5.90. The molecule has 0 amide bonds. The highest BCUT2D eigenvalue weighted by atomic mass is 35.5. The van der Waals surface area contributed by atoms with Gasteiger partial charge in [-0.25, -0.2) is 0 Å². The number of hydrogen-bond donors (Lipinski definition) is 1. The van der Waals surface area contributed by atoms with Crippen molar-refractivity contribution in [2.24, 2.45) is 10.2 Å². The molecule has 0 saturated heterocycles. The third-order valence-electron chi connectivity index (χ3n) is 3.02. The zero-order valence-corrected chi connectivity index (χ0v) is 12.0. The van der Waals surface area contributed by atoms with Crippen molar-refractivity contribution in [2.45, 2.75) is 20.8 Å². The molecule has 0 aliphatic heterocycles. The van der Waals surface area contributed by atoms with Crippen LogP contribution in [0.1, 0.15) is 16.7 Å². The monoisotopic (exact) mass is 273 g/mol. The van der Waals surface area contributed by atoms with E-state index in [2.05, 4.69) is 10.2 Å². The van der Waals surface area contributed by atoms with Gasteiger partial charge in [0.25, 0.3) is 0 Å². The Hall–Kier alpha value is -1.87. The second-order valence-electron chi connectivity index (χ2n) is 4.63. The van der Waals surface area contributed by atoms with Gasteiger partial charge in [0, 0.05) is 10.7 Å². The molecule has 0 aliphatic carbocycles. The number of azo groups is 1. The Kier molecular flexibility index (Phi) is 3.86. The molecule has 2 aromatic rings. The normalized spacial score (nSPS) is 11.2. The highest BCUT2D eigenvalue weighted by Gasteiger charge is 2.02. The highest BCUT2D eigenvalue weighted by molar-refractivity contribution is 6.30. The fourth-order valence-corrected chi connectivity index (χ4v) is 1.90. The van der Waals surface area contributed by atoms with Crippen LogP contribution in [-0.4, -0.2) is 0 Å². The number of nitrogens with two attached hydrogens (primary N) is 1. The molecule has 4 heteroatoms. The third kappa shape index (κ3) is 3.12. The Morgan fingerprint density at radius 1 is 0.842 bits per heavy atom. The van der Waals surface area contributed by atoms with Gasteiger partial charge >= 0.3 is 0 Å². The third-order valence-corrected chi connectivity index (χ3v) is 3.26. The second-order valence-corrected chi connectivity index (χ2v) is 5.06. The van der Waals surface area contributed by atoms with Crippen molar-refractivity contribution in [2.75, 3.05) is 5.73 Å². The van der Waals surface area contributed by atoms with Gasteiger partial charge in [-0.1, -0.05) is 17.7 Å². The van der Waals surface area contributed by atoms with Gasteiger partial charge < -0.3 is 5.73 Å². The molecule has 2 aromatic carbocycles. The van der Waals surface area contributed by atoms with E-state index in [0.717, 1.165) is 33.8 Å². The smallest absolute Gasteiger partial charge is 0.0901 e. The predicted octanol–water partition coefficient (Wildman–Crippen LogP) is 5.26. The summed E-state index contributed by atoms with van der Waals surface area (Å²) in [6.07, 6.45) is 0. The van der Waals surface area contributed by atoms with E-state index in [0.29, 0.717) is 5.02 Å². The van der Waals surface area contributed by atoms with E-state index in [1.807, 2.05) is 45.0 Å². The molecule has 0 heterocycles. The van der Waals surface area contributed by atoms with Crippen molar-refractivity contribution in [3.63, 3.8) is 0 Å². The summed E-state index contributed by atoms with van der Waals surface area (Å²) in [6, 6.07) is 9.43. The van der Waals surface area contributed by atoms with Gasteiger partial charge in [-0.2, -0.15) is 10.2 Å². The van der Waals surface area contributed by atoms with Crippen molar-refractivity contribution in [1.82, 2.24) is 0 Å². The number of nitrogen functional groups attached to an aromatic ring is 1. The minimum Gasteiger partial charge on any atom is -0.399 e. The van der Waals surface area contributed by atoms with Crippen LogP contribution in [0.25, 0.3) is 0 Å². The first kappa shape index (κ1) is 13.6. The zero-order valence-electron chi connectivity index (χ0n) is 11.2. The topological polar surface area (TPSA) is 50.7 Å². The maximum atomic E-state index is 5.96. The minimum absolute atomic E-state index is 0.657. The first-order valence-corrected chi connectivity index (χ1v) is 6.40. The van der Waals surface area contributed by atoms with Crippen LogP contribution in [0, 0.1) is 20.8 Å². The molecule has 0 radical (unpaired) electrons. The van der Waals surface area contributed by atoms with E-state index in [4.69, 9.17) is 17.3 Å². The van der Waals surface area contributed by atoms with Gasteiger partial charge in [0.1, 0.15) is 0 Å². The van der Waals surface area contributed by atoms with Crippen LogP contribution in [-0.2, 0) is 0 Å². The lowest BCUT2D eigenvalue weighted by Gasteiger charge is -2.05. The van der Waals surface area contributed by atoms with E-state index >= 15 is 0 Å². The summed E-state index contributed by atoms with van der Waals surface area (Å²) < 4.78 is 0. The van der Waals surface area contributed by atoms with Crippen molar-refractivity contribution in [3.05, 3.63) is 52.0 Å². The van der Waals surface area contributed by atoms with Crippen molar-refractivity contribution in [3.8, 4) is 0 Å². The number of rotatable bonds is 2. The Morgan fingerprint density at radius 2 is 1.47 bits per heavy atom. The van der Waals surface area contributed by atoms with Crippen molar-refractivity contribution < 1.29 is 0 Å². The quantitative estimate of drug-likeness (QED) is 0.589. The van der Waals surface area contributed by atoms with Gasteiger partial charge in [0.05, 0.1) is 11.4 Å². The summed E-state index contributed by atoms with van der Waals surface area (Å²) >= 11 is 5.96. The number of aryl methyl sites for hydroxylation is 3. The molecule has 0 spiro atoms. The van der Waals surface area contributed by atoms with Gasteiger partial charge in [-0.15, -0.1) is 0 Å². The molecule has 0 atom stereocenters. The van der Waals surface area contributed by atoms with Crippen LogP contribution < -0.4 is 5.73 Å². The summed E-state index contributed by atoms with van der Waals surface area (Å²) in [4.78, 5) is 0. The molecule has 0 unspecified atom stereocenters. The number of halogens is 1. The molecule has 2 rings (SSSR count). The van der Waals surface area contributed by atoms with Gasteiger partial charge in [-0.05, 0) is 61.7 Å². The molecule has 0 aliphatic rings. The molecule has 0 fully saturated rings. The van der Waals surface area contributed by atoms with E-state index in [9.17, 15) is 0 Å². The standard InChI is InChI=1S/C15H16ClN3/c1-9-4-5-12(16)8-15(9)19-18-14-7-10(2)13(17)6-11(14)3/h4-8H,17H2,1-3H3. The average molecular weight is 274 g/mol. The molecular formula is C15H16ClN3. The molecule has 0 bridgehead atoms. The first-order valence-electron chi connectivity index (χ1n) is 6.02. The van der Waals surface area contributed by atoms with Crippen molar-refractivity contribution >= 4 is 28.7 Å². The van der Waals surface area contributed by atoms with Crippen LogP contribution >= 0.6 is 11.6 Å². The zero-order chi connectivity index (χ0) is 14.0. The largest absolute Gasteiger partial charge is 0.399 e. The lowest BCUT2D eigenvalue weighted by Crippen LogP contribution is -1.90. The van der Waals surface area contributed by atoms with E-state index in [1.54, 1.807) is 6.07 Å². The van der Waals surface area contributed by atoms with E-state index in [-0.39, 0.29) is 0 Å². The minimum atomic E-state index is 0.657. The Morgan fingerprint density at radius 3 is 2.16 bits per heavy atom. The van der Waals surface area contributed by atoms with Crippen LogP contribution in [0.5, 0.6) is 0 Å². The van der Waals surface area contributed by atoms with Crippen molar-refractivity contribution in [1.29, 1.82) is 0 Å². The van der Waals surface area contributed by atoms with E-state index < -0.39 is 0 Å². The Bertz CT molecular complexity index is 648. The number of benzene rings is 2. The summed E-state index contributed by atoms with van der Waals surface area (Å²) in [5, 5.41) is 9.22. The molecule has 0 aromatic heterocycles.